The van der Waals surface area contributed by atoms with E-state index in [4.69, 9.17) is 4.52 Å². The maximum atomic E-state index is 5.31. The maximum Gasteiger partial charge on any atom is 0.228 e. The molecule has 0 saturated heterocycles. The number of hydrogen-bond donors (Lipinski definition) is 1. The number of nitrogens with zero attached hydrogens (tertiary/aromatic N) is 6. The van der Waals surface area contributed by atoms with Crippen LogP contribution in [0.25, 0.3) is 17.0 Å². The number of aryl methyl sites for hydroxylation is 1. The summed E-state index contributed by atoms with van der Waals surface area (Å²) in [5, 5.41) is 11.7. The standard InChI is InChI=1S/C17H17N7O/c1-2-13-10-15(24-14(21-13)5-9-20-24)19-8-6-16-22-17(23-25-16)12-4-3-7-18-11-12/h3-5,7,9-11,19H,2,6,8H2,1H3. The Bertz CT molecular complexity index is 977. The summed E-state index contributed by atoms with van der Waals surface area (Å²) in [6.07, 6.45) is 6.65. The highest BCUT2D eigenvalue weighted by molar-refractivity contribution is 5.52. The van der Waals surface area contributed by atoms with Crippen LogP contribution in [0, 0.1) is 0 Å². The molecule has 4 heterocycles. The van der Waals surface area contributed by atoms with Gasteiger partial charge < -0.3 is 9.84 Å². The minimum Gasteiger partial charge on any atom is -0.369 e. The summed E-state index contributed by atoms with van der Waals surface area (Å²) in [5.41, 5.74) is 2.69. The van der Waals surface area contributed by atoms with Crippen molar-refractivity contribution in [3.8, 4) is 11.4 Å². The lowest BCUT2D eigenvalue weighted by Crippen LogP contribution is -2.10. The molecule has 25 heavy (non-hydrogen) atoms. The number of fused-ring (bicyclic) bond motifs is 1. The second-order valence-corrected chi connectivity index (χ2v) is 5.52. The average Bonchev–Trinajstić information content (AvgIpc) is 3.31. The van der Waals surface area contributed by atoms with Crippen molar-refractivity contribution in [2.24, 2.45) is 0 Å². The van der Waals surface area contributed by atoms with Crippen LogP contribution in [0.5, 0.6) is 0 Å². The Labute approximate surface area is 143 Å². The molecule has 0 aliphatic carbocycles. The molecule has 0 aromatic carbocycles. The molecule has 0 saturated carbocycles. The maximum absolute atomic E-state index is 5.31. The van der Waals surface area contributed by atoms with E-state index in [1.807, 2.05) is 24.3 Å². The lowest BCUT2D eigenvalue weighted by atomic mass is 10.3. The van der Waals surface area contributed by atoms with Gasteiger partial charge >= 0.3 is 0 Å². The van der Waals surface area contributed by atoms with E-state index in [1.54, 1.807) is 23.1 Å². The second-order valence-electron chi connectivity index (χ2n) is 5.52. The zero-order valence-corrected chi connectivity index (χ0v) is 13.8. The van der Waals surface area contributed by atoms with Gasteiger partial charge in [0, 0.05) is 48.7 Å². The van der Waals surface area contributed by atoms with Crippen LogP contribution in [0.4, 0.5) is 5.82 Å². The zero-order valence-electron chi connectivity index (χ0n) is 13.8. The number of pyridine rings is 1. The Morgan fingerprint density at radius 2 is 2.16 bits per heavy atom. The molecule has 0 amide bonds. The van der Waals surface area contributed by atoms with Crippen LogP contribution >= 0.6 is 0 Å². The summed E-state index contributed by atoms with van der Waals surface area (Å²) in [6.45, 7) is 2.73. The summed E-state index contributed by atoms with van der Waals surface area (Å²) in [5.74, 6) is 2.03. The van der Waals surface area contributed by atoms with E-state index in [2.05, 4.69) is 37.4 Å². The SMILES string of the molecule is CCc1cc(NCCc2nc(-c3cccnc3)no2)n2nccc2n1. The predicted octanol–water partition coefficient (Wildman–Crippen LogP) is 2.39. The van der Waals surface area contributed by atoms with Crippen molar-refractivity contribution in [1.82, 2.24) is 29.7 Å². The highest BCUT2D eigenvalue weighted by atomic mass is 16.5. The van der Waals surface area contributed by atoms with Crippen molar-refractivity contribution in [1.29, 1.82) is 0 Å². The van der Waals surface area contributed by atoms with Crippen molar-refractivity contribution in [2.45, 2.75) is 19.8 Å². The molecule has 0 atom stereocenters. The Balaban J connectivity index is 1.45. The largest absolute Gasteiger partial charge is 0.369 e. The highest BCUT2D eigenvalue weighted by Crippen LogP contribution is 2.15. The fourth-order valence-electron chi connectivity index (χ4n) is 2.54. The molecule has 8 nitrogen and oxygen atoms in total. The topological polar surface area (TPSA) is 94.0 Å². The van der Waals surface area contributed by atoms with Gasteiger partial charge in [0.05, 0.1) is 6.20 Å². The third-order valence-corrected chi connectivity index (χ3v) is 3.81. The molecular formula is C17H17N7O. The fraction of sp³-hybridized carbons (Fsp3) is 0.235. The molecule has 4 aromatic rings. The lowest BCUT2D eigenvalue weighted by Gasteiger charge is -2.08. The smallest absolute Gasteiger partial charge is 0.228 e. The Hall–Kier alpha value is -3.29. The number of anilines is 1. The van der Waals surface area contributed by atoms with Crippen LogP contribution in [-0.4, -0.2) is 36.3 Å². The fourth-order valence-corrected chi connectivity index (χ4v) is 2.54. The Morgan fingerprint density at radius 3 is 3.00 bits per heavy atom. The van der Waals surface area contributed by atoms with Crippen molar-refractivity contribution < 1.29 is 4.52 Å². The van der Waals surface area contributed by atoms with E-state index >= 15 is 0 Å². The van der Waals surface area contributed by atoms with Crippen LogP contribution in [0.2, 0.25) is 0 Å². The molecule has 0 aliphatic heterocycles. The second kappa shape index (κ2) is 6.68. The summed E-state index contributed by atoms with van der Waals surface area (Å²) in [6, 6.07) is 7.64. The van der Waals surface area contributed by atoms with E-state index in [0.717, 1.165) is 29.1 Å². The molecule has 1 N–H and O–H groups in total. The summed E-state index contributed by atoms with van der Waals surface area (Å²) >= 11 is 0. The lowest BCUT2D eigenvalue weighted by molar-refractivity contribution is 0.381. The predicted molar refractivity (Wildman–Crippen MR) is 92.1 cm³/mol. The molecule has 0 aliphatic rings. The average molecular weight is 335 g/mol. The molecule has 126 valence electrons. The first-order valence-electron chi connectivity index (χ1n) is 8.14. The van der Waals surface area contributed by atoms with Gasteiger partial charge in [-0.05, 0) is 18.6 Å². The van der Waals surface area contributed by atoms with Crippen LogP contribution in [0.1, 0.15) is 18.5 Å². The Kier molecular flexibility index (Phi) is 4.07. The summed E-state index contributed by atoms with van der Waals surface area (Å²) in [4.78, 5) is 13.0. The molecule has 0 radical (unpaired) electrons. The molecule has 0 spiro atoms. The van der Waals surface area contributed by atoms with E-state index in [1.165, 1.54) is 0 Å². The van der Waals surface area contributed by atoms with E-state index in [9.17, 15) is 0 Å². The summed E-state index contributed by atoms with van der Waals surface area (Å²) < 4.78 is 7.10. The molecule has 4 rings (SSSR count). The van der Waals surface area contributed by atoms with Gasteiger partial charge in [-0.15, -0.1) is 0 Å². The van der Waals surface area contributed by atoms with Crippen LogP contribution in [0.15, 0.2) is 47.4 Å². The van der Waals surface area contributed by atoms with Gasteiger partial charge in [-0.1, -0.05) is 12.1 Å². The molecule has 4 aromatic heterocycles. The van der Waals surface area contributed by atoms with E-state index < -0.39 is 0 Å². The first kappa shape index (κ1) is 15.3. The number of aromatic nitrogens is 6. The van der Waals surface area contributed by atoms with E-state index in [-0.39, 0.29) is 0 Å². The molecule has 0 fully saturated rings. The summed E-state index contributed by atoms with van der Waals surface area (Å²) in [7, 11) is 0. The Morgan fingerprint density at radius 1 is 1.20 bits per heavy atom. The van der Waals surface area contributed by atoms with Crippen molar-refractivity contribution in [3.05, 3.63) is 54.4 Å². The van der Waals surface area contributed by atoms with Crippen molar-refractivity contribution in [2.75, 3.05) is 11.9 Å². The normalized spacial score (nSPS) is 11.1. The van der Waals surface area contributed by atoms with E-state index in [0.29, 0.717) is 24.7 Å². The van der Waals surface area contributed by atoms with Crippen LogP contribution < -0.4 is 5.32 Å². The minimum atomic E-state index is 0.551. The third-order valence-electron chi connectivity index (χ3n) is 3.81. The number of rotatable bonds is 6. The first-order chi connectivity index (χ1) is 12.3. The van der Waals surface area contributed by atoms with Gasteiger partial charge in [-0.2, -0.15) is 14.6 Å². The van der Waals surface area contributed by atoms with Crippen molar-refractivity contribution >= 4 is 11.5 Å². The minimum absolute atomic E-state index is 0.551. The monoisotopic (exact) mass is 335 g/mol. The quantitative estimate of drug-likeness (QED) is 0.578. The first-order valence-corrected chi connectivity index (χ1v) is 8.14. The highest BCUT2D eigenvalue weighted by Gasteiger charge is 2.09. The van der Waals surface area contributed by atoms with Gasteiger partial charge in [0.1, 0.15) is 5.82 Å². The van der Waals surface area contributed by atoms with Gasteiger partial charge in [0.25, 0.3) is 0 Å². The van der Waals surface area contributed by atoms with Gasteiger partial charge in [-0.25, -0.2) is 4.98 Å². The van der Waals surface area contributed by atoms with Crippen LogP contribution in [0.3, 0.4) is 0 Å². The molecule has 0 bridgehead atoms. The number of hydrogen-bond acceptors (Lipinski definition) is 7. The number of nitrogens with one attached hydrogen (secondary N) is 1. The third kappa shape index (κ3) is 3.18. The van der Waals surface area contributed by atoms with Crippen molar-refractivity contribution in [3.63, 3.8) is 0 Å². The van der Waals surface area contributed by atoms with Gasteiger partial charge in [0.15, 0.2) is 5.65 Å². The van der Waals surface area contributed by atoms with Gasteiger partial charge in [-0.3, -0.25) is 4.98 Å². The molecule has 8 heteroatoms. The zero-order chi connectivity index (χ0) is 17.1. The van der Waals surface area contributed by atoms with Gasteiger partial charge in [0.2, 0.25) is 11.7 Å². The molecule has 0 unspecified atom stereocenters. The van der Waals surface area contributed by atoms with Crippen LogP contribution in [-0.2, 0) is 12.8 Å². The molecular weight excluding hydrogens is 318 g/mol.